The first-order chi connectivity index (χ1) is 8.97. The summed E-state index contributed by atoms with van der Waals surface area (Å²) in [5.74, 6) is -1.19. The van der Waals surface area contributed by atoms with Gasteiger partial charge in [-0.05, 0) is 61.6 Å². The van der Waals surface area contributed by atoms with E-state index in [2.05, 4.69) is 4.72 Å². The van der Waals surface area contributed by atoms with Crippen molar-refractivity contribution in [1.82, 2.24) is 4.72 Å². The van der Waals surface area contributed by atoms with E-state index in [9.17, 15) is 18.3 Å². The quantitative estimate of drug-likeness (QED) is 0.634. The largest absolute Gasteiger partial charge is 0.478 e. The third-order valence-corrected chi connectivity index (χ3v) is 5.53. The zero-order valence-electron chi connectivity index (χ0n) is 11.2. The van der Waals surface area contributed by atoms with Gasteiger partial charge in [-0.3, -0.25) is 0 Å². The van der Waals surface area contributed by atoms with E-state index < -0.39 is 27.6 Å². The summed E-state index contributed by atoms with van der Waals surface area (Å²) in [4.78, 5) is 10.9. The maximum Gasteiger partial charge on any atom is 0.336 e. The summed E-state index contributed by atoms with van der Waals surface area (Å²) in [6.07, 6.45) is -0.903. The van der Waals surface area contributed by atoms with E-state index >= 15 is 0 Å². The molecule has 1 aromatic carbocycles. The maximum atomic E-state index is 12.2. The first kappa shape index (κ1) is 17.3. The van der Waals surface area contributed by atoms with Crippen LogP contribution in [0.1, 0.15) is 31.1 Å². The number of aliphatic hydroxyl groups is 1. The molecule has 0 saturated carbocycles. The van der Waals surface area contributed by atoms with Crippen LogP contribution in [0.2, 0.25) is 0 Å². The summed E-state index contributed by atoms with van der Waals surface area (Å²) in [7, 11) is -3.91. The summed E-state index contributed by atoms with van der Waals surface area (Å²) in [5, 5.41) is 18.6. The fraction of sp³-hybridized carbons (Fsp3) is 0.417. The lowest BCUT2D eigenvalue weighted by Gasteiger charge is -2.28. The van der Waals surface area contributed by atoms with Crippen LogP contribution in [0.3, 0.4) is 0 Å². The van der Waals surface area contributed by atoms with E-state index in [-0.39, 0.29) is 10.5 Å². The van der Waals surface area contributed by atoms with Gasteiger partial charge in [0.1, 0.15) is 0 Å². The van der Waals surface area contributed by atoms with Crippen LogP contribution in [-0.2, 0) is 10.0 Å². The molecule has 8 heteroatoms. The zero-order chi connectivity index (χ0) is 15.7. The molecule has 0 aromatic heterocycles. The van der Waals surface area contributed by atoms with Crippen LogP contribution in [-0.4, -0.2) is 36.2 Å². The van der Waals surface area contributed by atoms with Crippen LogP contribution in [0.5, 0.6) is 0 Å². The maximum absolute atomic E-state index is 12.2. The fourth-order valence-corrected chi connectivity index (χ4v) is 3.39. The van der Waals surface area contributed by atoms with Crippen molar-refractivity contribution in [1.29, 1.82) is 0 Å². The highest BCUT2D eigenvalue weighted by atomic mass is 127. The summed E-state index contributed by atoms with van der Waals surface area (Å²) >= 11 is 1.82. The Hall–Kier alpha value is -0.710. The number of sulfonamides is 1. The molecule has 1 rings (SSSR count). The van der Waals surface area contributed by atoms with Crippen LogP contribution in [0, 0.1) is 3.57 Å². The topological polar surface area (TPSA) is 104 Å². The Kier molecular flexibility index (Phi) is 5.17. The number of carboxylic acid groups (broad SMARTS) is 1. The monoisotopic (exact) mass is 413 g/mol. The summed E-state index contributed by atoms with van der Waals surface area (Å²) < 4.78 is 27.3. The lowest BCUT2D eigenvalue weighted by molar-refractivity contribution is 0.0695. The average molecular weight is 413 g/mol. The van der Waals surface area contributed by atoms with E-state index in [1.54, 1.807) is 13.8 Å². The number of halogens is 1. The molecule has 0 aliphatic heterocycles. The number of hydrogen-bond acceptors (Lipinski definition) is 4. The molecule has 20 heavy (non-hydrogen) atoms. The Morgan fingerprint density at radius 1 is 1.40 bits per heavy atom. The van der Waals surface area contributed by atoms with Gasteiger partial charge in [0.05, 0.1) is 22.1 Å². The van der Waals surface area contributed by atoms with E-state index in [1.807, 2.05) is 22.6 Å². The van der Waals surface area contributed by atoms with Crippen molar-refractivity contribution in [2.24, 2.45) is 0 Å². The molecule has 1 unspecified atom stereocenters. The highest BCUT2D eigenvalue weighted by Gasteiger charge is 2.31. The lowest BCUT2D eigenvalue weighted by Crippen LogP contribution is -2.50. The zero-order valence-corrected chi connectivity index (χ0v) is 14.2. The van der Waals surface area contributed by atoms with Gasteiger partial charge in [-0.25, -0.2) is 17.9 Å². The van der Waals surface area contributed by atoms with Crippen LogP contribution >= 0.6 is 22.6 Å². The number of carbonyl (C=O) groups is 1. The molecule has 1 aromatic rings. The third-order valence-electron chi connectivity index (χ3n) is 2.92. The second kappa shape index (κ2) is 5.96. The van der Waals surface area contributed by atoms with Gasteiger partial charge in [0, 0.05) is 3.57 Å². The van der Waals surface area contributed by atoms with Crippen molar-refractivity contribution in [3.63, 3.8) is 0 Å². The predicted molar refractivity (Wildman–Crippen MR) is 82.2 cm³/mol. The number of carboxylic acids is 1. The van der Waals surface area contributed by atoms with Crippen LogP contribution in [0.25, 0.3) is 0 Å². The van der Waals surface area contributed by atoms with Crippen molar-refractivity contribution >= 4 is 38.6 Å². The van der Waals surface area contributed by atoms with E-state index in [0.29, 0.717) is 3.57 Å². The predicted octanol–water partition coefficient (Wildman–Crippen LogP) is 1.43. The van der Waals surface area contributed by atoms with Crippen molar-refractivity contribution < 1.29 is 23.4 Å². The minimum absolute atomic E-state index is 0.0803. The number of rotatable bonds is 5. The van der Waals surface area contributed by atoms with Crippen LogP contribution in [0.15, 0.2) is 23.1 Å². The van der Waals surface area contributed by atoms with Gasteiger partial charge in [-0.15, -0.1) is 0 Å². The number of aliphatic hydroxyl groups excluding tert-OH is 1. The van der Waals surface area contributed by atoms with E-state index in [0.717, 1.165) is 6.07 Å². The van der Waals surface area contributed by atoms with Crippen molar-refractivity contribution in [2.75, 3.05) is 0 Å². The minimum atomic E-state index is -3.91. The average Bonchev–Trinajstić information content (AvgIpc) is 2.27. The van der Waals surface area contributed by atoms with Gasteiger partial charge < -0.3 is 10.2 Å². The van der Waals surface area contributed by atoms with E-state index in [1.165, 1.54) is 19.1 Å². The van der Waals surface area contributed by atoms with Crippen molar-refractivity contribution in [2.45, 2.75) is 37.3 Å². The normalized spacial score (nSPS) is 14.1. The molecule has 0 aliphatic carbocycles. The lowest BCUT2D eigenvalue weighted by atomic mass is 10.0. The molecule has 1 atom stereocenters. The minimum Gasteiger partial charge on any atom is -0.478 e. The molecule has 0 saturated heterocycles. The Bertz CT molecular complexity index is 625. The number of aromatic carboxylic acids is 1. The Morgan fingerprint density at radius 2 is 1.95 bits per heavy atom. The van der Waals surface area contributed by atoms with Crippen molar-refractivity contribution in [3.8, 4) is 0 Å². The molecule has 0 spiro atoms. The number of benzene rings is 1. The molecule has 112 valence electrons. The van der Waals surface area contributed by atoms with Gasteiger partial charge in [0.15, 0.2) is 0 Å². The summed E-state index contributed by atoms with van der Waals surface area (Å²) in [5.41, 5.74) is -1.14. The molecule has 0 heterocycles. The molecular weight excluding hydrogens is 397 g/mol. The van der Waals surface area contributed by atoms with Gasteiger partial charge in [0.2, 0.25) is 10.0 Å². The third kappa shape index (κ3) is 3.90. The van der Waals surface area contributed by atoms with Gasteiger partial charge in [0.25, 0.3) is 0 Å². The molecule has 3 N–H and O–H groups in total. The first-order valence-electron chi connectivity index (χ1n) is 5.72. The molecule has 6 nitrogen and oxygen atoms in total. The molecule has 0 fully saturated rings. The van der Waals surface area contributed by atoms with E-state index in [4.69, 9.17) is 5.11 Å². The van der Waals surface area contributed by atoms with Gasteiger partial charge >= 0.3 is 5.97 Å². The Balaban J connectivity index is 3.24. The standard InChI is InChI=1S/C12H16INO5S/c1-7(15)12(2,3)14-20(18,19)8-4-5-10(13)9(6-8)11(16)17/h4-7,14-15H,1-3H3,(H,16,17). The molecule has 0 aliphatic rings. The number of hydrogen-bond donors (Lipinski definition) is 3. The van der Waals surface area contributed by atoms with Gasteiger partial charge in [-0.1, -0.05) is 0 Å². The smallest absolute Gasteiger partial charge is 0.336 e. The molecule has 0 radical (unpaired) electrons. The Labute approximate surface area is 131 Å². The van der Waals surface area contributed by atoms with Crippen molar-refractivity contribution in [3.05, 3.63) is 27.3 Å². The second-order valence-electron chi connectivity index (χ2n) is 4.95. The number of nitrogens with one attached hydrogen (secondary N) is 1. The molecular formula is C12H16INO5S. The molecule has 0 bridgehead atoms. The first-order valence-corrected chi connectivity index (χ1v) is 8.28. The summed E-state index contributed by atoms with van der Waals surface area (Å²) in [6.45, 7) is 4.55. The van der Waals surface area contributed by atoms with Crippen LogP contribution in [0.4, 0.5) is 0 Å². The fourth-order valence-electron chi connectivity index (χ4n) is 1.33. The highest BCUT2D eigenvalue weighted by molar-refractivity contribution is 14.1. The van der Waals surface area contributed by atoms with Gasteiger partial charge in [-0.2, -0.15) is 0 Å². The SMILES string of the molecule is CC(O)C(C)(C)NS(=O)(=O)c1ccc(I)c(C(=O)O)c1. The second-order valence-corrected chi connectivity index (χ2v) is 7.79. The molecule has 0 amide bonds. The Morgan fingerprint density at radius 3 is 2.40 bits per heavy atom. The highest BCUT2D eigenvalue weighted by Crippen LogP contribution is 2.20. The summed E-state index contributed by atoms with van der Waals surface area (Å²) in [6, 6.07) is 3.85. The van der Waals surface area contributed by atoms with Crippen LogP contribution < -0.4 is 4.72 Å².